The van der Waals surface area contributed by atoms with Crippen molar-refractivity contribution in [3.05, 3.63) is 64.2 Å². The number of pyridine rings is 1. The van der Waals surface area contributed by atoms with Gasteiger partial charge in [0.15, 0.2) is 6.23 Å². The Morgan fingerprint density at radius 1 is 1.24 bits per heavy atom. The molecule has 198 valence electrons. The number of halogens is 1. The molecule has 2 atom stereocenters. The number of piperazine rings is 1. The van der Waals surface area contributed by atoms with E-state index in [1.165, 1.54) is 17.2 Å². The summed E-state index contributed by atoms with van der Waals surface area (Å²) in [5.41, 5.74) is -0.497. The standard InChI is InChI=1S/C28H31FN6O3/c1-27(37,17-34-9-7-33(2)8-10-34)20-11-22-24(23(29)12-20)26(38-18-28(16-31)5-6-28)35(25(22)36)15-21-4-3-19(13-30)14-32-21/h3-4,11-12,14,26,37H,5-10,15,17-18H2,1-2H3. The first kappa shape index (κ1) is 26.2. The van der Waals surface area contributed by atoms with Crippen LogP contribution < -0.4 is 0 Å². The highest BCUT2D eigenvalue weighted by Crippen LogP contribution is 2.47. The van der Waals surface area contributed by atoms with Crippen molar-refractivity contribution in [3.8, 4) is 12.1 Å². The number of β-amino-alcohol motifs (C(OH)–C–C–N with tert-alkyl or cyclic N) is 1. The lowest BCUT2D eigenvalue weighted by Crippen LogP contribution is -2.49. The number of carbonyl (C=O) groups excluding carboxylic acids is 1. The number of nitrogens with zero attached hydrogens (tertiary/aromatic N) is 6. The Hall–Kier alpha value is -3.41. The predicted octanol–water partition coefficient (Wildman–Crippen LogP) is 2.52. The summed E-state index contributed by atoms with van der Waals surface area (Å²) >= 11 is 0. The van der Waals surface area contributed by atoms with Crippen LogP contribution in [-0.2, 0) is 16.9 Å². The number of likely N-dealkylation sites (N-methyl/N-ethyl adjacent to an activating group) is 1. The van der Waals surface area contributed by atoms with Gasteiger partial charge >= 0.3 is 0 Å². The van der Waals surface area contributed by atoms with Crippen molar-refractivity contribution in [1.29, 1.82) is 10.5 Å². The Balaban J connectivity index is 1.44. The van der Waals surface area contributed by atoms with Gasteiger partial charge < -0.3 is 19.6 Å². The van der Waals surface area contributed by atoms with Gasteiger partial charge in [0.1, 0.15) is 11.9 Å². The molecular weight excluding hydrogens is 487 g/mol. The molecule has 2 aromatic rings. The zero-order valence-corrected chi connectivity index (χ0v) is 21.7. The number of hydrogen-bond donors (Lipinski definition) is 1. The lowest BCUT2D eigenvalue weighted by molar-refractivity contribution is -0.0553. The van der Waals surface area contributed by atoms with Crippen LogP contribution >= 0.6 is 0 Å². The number of hydrogen-bond acceptors (Lipinski definition) is 8. The first-order chi connectivity index (χ1) is 18.1. The topological polar surface area (TPSA) is 117 Å². The molecule has 0 radical (unpaired) electrons. The van der Waals surface area contributed by atoms with Crippen molar-refractivity contribution in [2.24, 2.45) is 5.41 Å². The lowest BCUT2D eigenvalue weighted by Gasteiger charge is -2.37. The number of carbonyl (C=O) groups is 1. The maximum absolute atomic E-state index is 15.8. The fourth-order valence-corrected chi connectivity index (χ4v) is 5.07. The van der Waals surface area contributed by atoms with Gasteiger partial charge in [0.2, 0.25) is 0 Å². The molecule has 2 aliphatic heterocycles. The van der Waals surface area contributed by atoms with E-state index >= 15 is 4.39 Å². The molecule has 1 aromatic carbocycles. The molecule has 1 saturated carbocycles. The van der Waals surface area contributed by atoms with Gasteiger partial charge in [-0.3, -0.25) is 14.7 Å². The fourth-order valence-electron chi connectivity index (χ4n) is 5.07. The largest absolute Gasteiger partial charge is 0.384 e. The van der Waals surface area contributed by atoms with E-state index in [0.29, 0.717) is 36.2 Å². The molecule has 2 unspecified atom stereocenters. The maximum Gasteiger partial charge on any atom is 0.257 e. The van der Waals surface area contributed by atoms with Crippen molar-refractivity contribution in [3.63, 3.8) is 0 Å². The first-order valence-electron chi connectivity index (χ1n) is 12.8. The van der Waals surface area contributed by atoms with Crippen LogP contribution in [0.3, 0.4) is 0 Å². The van der Waals surface area contributed by atoms with Gasteiger partial charge in [-0.25, -0.2) is 4.39 Å². The van der Waals surface area contributed by atoms with E-state index in [9.17, 15) is 15.2 Å². The summed E-state index contributed by atoms with van der Waals surface area (Å²) in [5.74, 6) is -1.07. The zero-order valence-electron chi connectivity index (χ0n) is 21.7. The molecule has 9 nitrogen and oxygen atoms in total. The second-order valence-electron chi connectivity index (χ2n) is 10.9. The fraction of sp³-hybridized carbons (Fsp3) is 0.500. The number of amides is 1. The minimum Gasteiger partial charge on any atom is -0.384 e. The van der Waals surface area contributed by atoms with Crippen LogP contribution in [0.15, 0.2) is 30.5 Å². The Bertz CT molecular complexity index is 1300. The molecule has 3 aliphatic rings. The third-order valence-electron chi connectivity index (χ3n) is 7.79. The van der Waals surface area contributed by atoms with Crippen LogP contribution in [0, 0.1) is 33.9 Å². The van der Waals surface area contributed by atoms with Gasteiger partial charge in [-0.15, -0.1) is 0 Å². The number of nitriles is 2. The summed E-state index contributed by atoms with van der Waals surface area (Å²) in [6.45, 7) is 5.43. The molecule has 1 N–H and O–H groups in total. The Morgan fingerprint density at radius 2 is 1.97 bits per heavy atom. The molecule has 1 aromatic heterocycles. The third-order valence-corrected chi connectivity index (χ3v) is 7.79. The molecule has 2 fully saturated rings. The quantitative estimate of drug-likeness (QED) is 0.567. The summed E-state index contributed by atoms with van der Waals surface area (Å²) in [4.78, 5) is 23.7. The van der Waals surface area contributed by atoms with E-state index in [4.69, 9.17) is 10.00 Å². The smallest absolute Gasteiger partial charge is 0.257 e. The summed E-state index contributed by atoms with van der Waals surface area (Å²) in [7, 11) is 2.05. The van der Waals surface area contributed by atoms with Crippen LogP contribution in [-0.4, -0.2) is 77.1 Å². The molecule has 1 amide bonds. The second-order valence-corrected chi connectivity index (χ2v) is 10.9. The molecule has 5 rings (SSSR count). The van der Waals surface area contributed by atoms with E-state index < -0.39 is 29.0 Å². The molecule has 3 heterocycles. The molecule has 1 saturated heterocycles. The summed E-state index contributed by atoms with van der Waals surface area (Å²) in [5, 5.41) is 29.9. The highest BCUT2D eigenvalue weighted by molar-refractivity contribution is 5.99. The van der Waals surface area contributed by atoms with Gasteiger partial charge in [-0.2, -0.15) is 10.5 Å². The number of benzene rings is 1. The Morgan fingerprint density at radius 3 is 2.58 bits per heavy atom. The lowest BCUT2D eigenvalue weighted by atomic mass is 9.91. The first-order valence-corrected chi connectivity index (χ1v) is 12.8. The number of rotatable bonds is 8. The molecule has 0 bridgehead atoms. The second kappa shape index (κ2) is 10.0. The van der Waals surface area contributed by atoms with Crippen LogP contribution in [0.1, 0.15) is 58.7 Å². The van der Waals surface area contributed by atoms with Crippen LogP contribution in [0.4, 0.5) is 4.39 Å². The van der Waals surface area contributed by atoms with Gasteiger partial charge in [0.25, 0.3) is 5.91 Å². The number of ether oxygens (including phenoxy) is 1. The number of fused-ring (bicyclic) bond motifs is 1. The van der Waals surface area contributed by atoms with E-state index in [1.807, 2.05) is 6.07 Å². The average molecular weight is 519 g/mol. The van der Waals surface area contributed by atoms with Crippen molar-refractivity contribution in [2.75, 3.05) is 46.4 Å². The highest BCUT2D eigenvalue weighted by Gasteiger charge is 2.47. The third kappa shape index (κ3) is 5.13. The van der Waals surface area contributed by atoms with E-state index in [-0.39, 0.29) is 24.3 Å². The average Bonchev–Trinajstić information content (AvgIpc) is 3.64. The molecule has 38 heavy (non-hydrogen) atoms. The summed E-state index contributed by atoms with van der Waals surface area (Å²) < 4.78 is 21.8. The molecule has 10 heteroatoms. The van der Waals surface area contributed by atoms with Crippen LogP contribution in [0.5, 0.6) is 0 Å². The highest BCUT2D eigenvalue weighted by atomic mass is 19.1. The van der Waals surface area contributed by atoms with Crippen molar-refractivity contribution in [1.82, 2.24) is 19.7 Å². The van der Waals surface area contributed by atoms with Gasteiger partial charge in [-0.05, 0) is 56.6 Å². The van der Waals surface area contributed by atoms with Gasteiger partial charge in [-0.1, -0.05) is 0 Å². The van der Waals surface area contributed by atoms with Crippen molar-refractivity contribution < 1.29 is 19.0 Å². The van der Waals surface area contributed by atoms with E-state index in [2.05, 4.69) is 27.9 Å². The molecular formula is C28H31FN6O3. The minimum absolute atomic E-state index is 0.0376. The van der Waals surface area contributed by atoms with E-state index in [1.54, 1.807) is 25.1 Å². The molecule has 0 spiro atoms. The zero-order chi connectivity index (χ0) is 27.1. The predicted molar refractivity (Wildman–Crippen MR) is 135 cm³/mol. The van der Waals surface area contributed by atoms with Crippen LogP contribution in [0.2, 0.25) is 0 Å². The maximum atomic E-state index is 15.8. The van der Waals surface area contributed by atoms with Crippen LogP contribution in [0.25, 0.3) is 0 Å². The normalized spacial score (nSPS) is 22.4. The molecule has 1 aliphatic carbocycles. The monoisotopic (exact) mass is 518 g/mol. The van der Waals surface area contributed by atoms with Crippen molar-refractivity contribution >= 4 is 5.91 Å². The number of aliphatic hydroxyl groups is 1. The number of aromatic nitrogens is 1. The Kier molecular flexibility index (Phi) is 6.93. The summed E-state index contributed by atoms with van der Waals surface area (Å²) in [6.07, 6.45) is 1.79. The van der Waals surface area contributed by atoms with E-state index in [0.717, 1.165) is 26.2 Å². The van der Waals surface area contributed by atoms with Crippen molar-refractivity contribution in [2.45, 2.75) is 38.1 Å². The minimum atomic E-state index is -1.37. The Labute approximate surface area is 221 Å². The summed E-state index contributed by atoms with van der Waals surface area (Å²) in [6, 6.07) is 10.4. The SMILES string of the molecule is CN1CCN(CC(C)(O)c2cc(F)c3c(c2)C(=O)N(Cc2ccc(C#N)cn2)C3OCC2(C#N)CC2)CC1. The van der Waals surface area contributed by atoms with Gasteiger partial charge in [0, 0.05) is 44.5 Å². The van der Waals surface area contributed by atoms with Gasteiger partial charge in [0.05, 0.1) is 47.1 Å².